The first kappa shape index (κ1) is 17.1. The smallest absolute Gasteiger partial charge is 0.332 e. The lowest BCUT2D eigenvalue weighted by Crippen LogP contribution is -2.40. The number of aromatic nitrogens is 5. The van der Waals surface area contributed by atoms with Gasteiger partial charge in [0.1, 0.15) is 11.6 Å². The highest BCUT2D eigenvalue weighted by atomic mass is 16.2. The fraction of sp³-hybridized carbons (Fsp3) is 0.333. The minimum atomic E-state index is -0.319. The first-order chi connectivity index (χ1) is 13.0. The average molecular weight is 367 g/mol. The van der Waals surface area contributed by atoms with E-state index in [9.17, 15) is 9.59 Å². The van der Waals surface area contributed by atoms with E-state index in [2.05, 4.69) is 15.3 Å². The Hall–Kier alpha value is -3.36. The van der Waals surface area contributed by atoms with E-state index in [1.807, 2.05) is 34.0 Å². The van der Waals surface area contributed by atoms with Gasteiger partial charge in [-0.25, -0.2) is 14.8 Å². The van der Waals surface area contributed by atoms with Crippen LogP contribution in [-0.2, 0) is 14.1 Å². The van der Waals surface area contributed by atoms with Crippen molar-refractivity contribution in [1.29, 1.82) is 0 Å². The summed E-state index contributed by atoms with van der Waals surface area (Å²) >= 11 is 0. The molecule has 1 fully saturated rings. The second-order valence-corrected chi connectivity index (χ2v) is 6.67. The summed E-state index contributed by atoms with van der Waals surface area (Å²) in [6.07, 6.45) is 8.15. The zero-order chi connectivity index (χ0) is 19.0. The van der Waals surface area contributed by atoms with Gasteiger partial charge in [0.15, 0.2) is 5.82 Å². The first-order valence-corrected chi connectivity index (χ1v) is 8.77. The average Bonchev–Trinajstić information content (AvgIpc) is 3.36. The molecule has 4 heterocycles. The van der Waals surface area contributed by atoms with Crippen LogP contribution in [0.1, 0.15) is 6.42 Å². The predicted molar refractivity (Wildman–Crippen MR) is 103 cm³/mol. The van der Waals surface area contributed by atoms with Gasteiger partial charge in [-0.1, -0.05) is 0 Å². The summed E-state index contributed by atoms with van der Waals surface area (Å²) in [5.74, 6) is 2.10. The molecule has 3 aromatic heterocycles. The summed E-state index contributed by atoms with van der Waals surface area (Å²) in [6, 6.07) is 5.54. The second-order valence-electron chi connectivity index (χ2n) is 6.67. The van der Waals surface area contributed by atoms with Crippen molar-refractivity contribution in [3.63, 3.8) is 0 Å². The molecular weight excluding hydrogens is 346 g/mol. The van der Waals surface area contributed by atoms with Gasteiger partial charge in [0.25, 0.3) is 5.56 Å². The summed E-state index contributed by atoms with van der Waals surface area (Å²) in [6.45, 7) is 1.44. The molecule has 3 aromatic rings. The number of rotatable bonds is 4. The van der Waals surface area contributed by atoms with Gasteiger partial charge in [0.2, 0.25) is 0 Å². The molecular formula is C18H21N7O2. The quantitative estimate of drug-likeness (QED) is 0.716. The molecule has 9 heteroatoms. The molecule has 1 N–H and O–H groups in total. The van der Waals surface area contributed by atoms with Gasteiger partial charge in [0.05, 0.1) is 12.4 Å². The van der Waals surface area contributed by atoms with E-state index in [0.29, 0.717) is 18.2 Å². The number of nitrogens with one attached hydrogen (secondary N) is 1. The van der Waals surface area contributed by atoms with Crippen molar-refractivity contribution in [2.45, 2.75) is 12.5 Å². The summed E-state index contributed by atoms with van der Waals surface area (Å²) in [5.41, 5.74) is -0.614. The van der Waals surface area contributed by atoms with Crippen molar-refractivity contribution >= 4 is 11.6 Å². The Labute approximate surface area is 155 Å². The van der Waals surface area contributed by atoms with E-state index >= 15 is 0 Å². The largest absolute Gasteiger partial charge is 0.364 e. The maximum atomic E-state index is 12.1. The lowest BCUT2D eigenvalue weighted by atomic mass is 10.2. The molecule has 0 bridgehead atoms. The van der Waals surface area contributed by atoms with Gasteiger partial charge in [-0.15, -0.1) is 0 Å². The molecule has 1 saturated heterocycles. The summed E-state index contributed by atoms with van der Waals surface area (Å²) < 4.78 is 4.51. The van der Waals surface area contributed by atoms with Crippen LogP contribution in [0.2, 0.25) is 0 Å². The normalized spacial score (nSPS) is 16.7. The fourth-order valence-corrected chi connectivity index (χ4v) is 3.34. The Morgan fingerprint density at radius 3 is 2.56 bits per heavy atom. The molecule has 0 spiro atoms. The molecule has 0 unspecified atom stereocenters. The Kier molecular flexibility index (Phi) is 4.27. The van der Waals surface area contributed by atoms with Crippen molar-refractivity contribution in [2.24, 2.45) is 14.1 Å². The van der Waals surface area contributed by atoms with Gasteiger partial charge in [0, 0.05) is 51.7 Å². The van der Waals surface area contributed by atoms with E-state index in [1.54, 1.807) is 19.4 Å². The topological polar surface area (TPSA) is 90.0 Å². The lowest BCUT2D eigenvalue weighted by molar-refractivity contribution is 0.672. The van der Waals surface area contributed by atoms with E-state index in [0.717, 1.165) is 23.4 Å². The van der Waals surface area contributed by atoms with Crippen LogP contribution in [0.25, 0.3) is 5.82 Å². The summed E-state index contributed by atoms with van der Waals surface area (Å²) in [5, 5.41) is 3.38. The number of hydrogen-bond acceptors (Lipinski definition) is 6. The van der Waals surface area contributed by atoms with Crippen molar-refractivity contribution in [2.75, 3.05) is 23.3 Å². The van der Waals surface area contributed by atoms with Gasteiger partial charge in [-0.2, -0.15) is 0 Å². The van der Waals surface area contributed by atoms with Crippen molar-refractivity contribution in [1.82, 2.24) is 23.7 Å². The third-order valence-electron chi connectivity index (χ3n) is 4.87. The third kappa shape index (κ3) is 3.23. The minimum absolute atomic E-state index is 0.163. The molecule has 0 amide bonds. The molecule has 27 heavy (non-hydrogen) atoms. The maximum Gasteiger partial charge on any atom is 0.332 e. The van der Waals surface area contributed by atoms with Crippen LogP contribution >= 0.6 is 0 Å². The first-order valence-electron chi connectivity index (χ1n) is 8.77. The highest BCUT2D eigenvalue weighted by molar-refractivity contribution is 5.43. The number of hydrogen-bond donors (Lipinski definition) is 1. The number of nitrogens with zero attached hydrogens (tertiary/aromatic N) is 6. The highest BCUT2D eigenvalue weighted by Gasteiger charge is 2.25. The van der Waals surface area contributed by atoms with Gasteiger partial charge in [-0.3, -0.25) is 13.9 Å². The van der Waals surface area contributed by atoms with E-state index in [-0.39, 0.29) is 17.3 Å². The van der Waals surface area contributed by atoms with Gasteiger partial charge in [-0.05, 0) is 18.6 Å². The molecule has 9 nitrogen and oxygen atoms in total. The fourth-order valence-electron chi connectivity index (χ4n) is 3.34. The highest BCUT2D eigenvalue weighted by Crippen LogP contribution is 2.19. The molecule has 1 atom stereocenters. The number of anilines is 2. The molecule has 4 rings (SSSR count). The minimum Gasteiger partial charge on any atom is -0.364 e. The van der Waals surface area contributed by atoms with E-state index in [4.69, 9.17) is 0 Å². The zero-order valence-electron chi connectivity index (χ0n) is 15.2. The van der Waals surface area contributed by atoms with Crippen LogP contribution in [-0.4, -0.2) is 42.8 Å². The molecule has 0 aromatic carbocycles. The Bertz CT molecular complexity index is 1050. The van der Waals surface area contributed by atoms with Crippen LogP contribution in [0.15, 0.2) is 52.6 Å². The maximum absolute atomic E-state index is 12.1. The molecule has 0 saturated carbocycles. The molecule has 0 radical (unpaired) electrons. The van der Waals surface area contributed by atoms with Gasteiger partial charge >= 0.3 is 5.69 Å². The zero-order valence-corrected chi connectivity index (χ0v) is 15.2. The summed E-state index contributed by atoms with van der Waals surface area (Å²) in [7, 11) is 3.17. The monoisotopic (exact) mass is 367 g/mol. The van der Waals surface area contributed by atoms with Crippen LogP contribution < -0.4 is 21.5 Å². The third-order valence-corrected chi connectivity index (χ3v) is 4.87. The molecule has 0 aliphatic carbocycles. The van der Waals surface area contributed by atoms with Crippen LogP contribution in [0, 0.1) is 0 Å². The molecule has 1 aliphatic rings. The Morgan fingerprint density at radius 2 is 1.85 bits per heavy atom. The van der Waals surface area contributed by atoms with Crippen molar-refractivity contribution < 1.29 is 0 Å². The van der Waals surface area contributed by atoms with Crippen LogP contribution in [0.4, 0.5) is 11.6 Å². The van der Waals surface area contributed by atoms with Crippen molar-refractivity contribution in [3.8, 4) is 5.82 Å². The van der Waals surface area contributed by atoms with E-state index in [1.165, 1.54) is 17.7 Å². The SMILES string of the molecule is Cn1c(N2CC[C@@H](Nc3cnc(-n4cccc4)cn3)C2)cc(=O)n(C)c1=O. The predicted octanol–water partition coefficient (Wildman–Crippen LogP) is 0.355. The van der Waals surface area contributed by atoms with Crippen molar-refractivity contribution in [3.05, 3.63) is 63.8 Å². The molecule has 1 aliphatic heterocycles. The van der Waals surface area contributed by atoms with Crippen LogP contribution in [0.5, 0.6) is 0 Å². The Balaban J connectivity index is 1.46. The Morgan fingerprint density at radius 1 is 1.07 bits per heavy atom. The second kappa shape index (κ2) is 6.75. The van der Waals surface area contributed by atoms with Crippen LogP contribution in [0.3, 0.4) is 0 Å². The molecule has 140 valence electrons. The van der Waals surface area contributed by atoms with Gasteiger partial charge < -0.3 is 14.8 Å². The lowest BCUT2D eigenvalue weighted by Gasteiger charge is -2.21. The summed E-state index contributed by atoms with van der Waals surface area (Å²) in [4.78, 5) is 35.0. The standard InChI is InChI=1S/C18H21N7O2/c1-22-16(9-17(26)23(2)18(22)27)25-8-5-13(12-25)21-14-10-20-15(11-19-14)24-6-3-4-7-24/h3-4,6-7,9-11,13H,5,8,12H2,1-2H3,(H,19,21)/t13-/m1/s1. The van der Waals surface area contributed by atoms with E-state index < -0.39 is 0 Å².